The van der Waals surface area contributed by atoms with Crippen LogP contribution in [0, 0.1) is 4.91 Å². The number of hydrogen-bond acceptors (Lipinski definition) is 5. The molecule has 1 aromatic carbocycles. The van der Waals surface area contributed by atoms with Gasteiger partial charge < -0.3 is 14.6 Å². The van der Waals surface area contributed by atoms with Crippen LogP contribution >= 0.6 is 0 Å². The summed E-state index contributed by atoms with van der Waals surface area (Å²) < 4.78 is 11.2. The van der Waals surface area contributed by atoms with Gasteiger partial charge in [-0.2, -0.15) is 4.91 Å². The molecule has 2 rings (SSSR count). The molecule has 0 aromatic heterocycles. The monoisotopic (exact) mass is 251 g/mol. The first-order valence-corrected chi connectivity index (χ1v) is 6.05. The van der Waals surface area contributed by atoms with E-state index in [0.29, 0.717) is 13.2 Å². The molecular weight excluding hydrogens is 234 g/mol. The van der Waals surface area contributed by atoms with E-state index in [2.05, 4.69) is 5.18 Å². The topological polar surface area (TPSA) is 68.1 Å². The van der Waals surface area contributed by atoms with Crippen molar-refractivity contribution in [2.45, 2.75) is 31.3 Å². The number of aliphatic hydroxyl groups excluding tert-OH is 1. The predicted octanol–water partition coefficient (Wildman–Crippen LogP) is 1.49. The quantitative estimate of drug-likeness (QED) is 0.778. The molecule has 5 nitrogen and oxygen atoms in total. The largest absolute Gasteiger partial charge is 0.394 e. The molecule has 0 spiro atoms. The summed E-state index contributed by atoms with van der Waals surface area (Å²) >= 11 is 0. The van der Waals surface area contributed by atoms with Crippen LogP contribution in [0.2, 0.25) is 0 Å². The standard InChI is InChI=1S/C13H17NO4/c15-8-11(14-16)13-12(6-7-17-13)18-9-10-4-2-1-3-5-10/h1-5,11-13,15H,6-9H2. The van der Waals surface area contributed by atoms with Gasteiger partial charge in [0.2, 0.25) is 0 Å². The molecule has 1 saturated heterocycles. The first-order chi connectivity index (χ1) is 8.85. The van der Waals surface area contributed by atoms with Gasteiger partial charge in [0.05, 0.1) is 19.3 Å². The zero-order valence-corrected chi connectivity index (χ0v) is 10.1. The van der Waals surface area contributed by atoms with E-state index in [-0.39, 0.29) is 12.7 Å². The lowest BCUT2D eigenvalue weighted by atomic mass is 10.1. The van der Waals surface area contributed by atoms with Gasteiger partial charge in [-0.1, -0.05) is 35.5 Å². The lowest BCUT2D eigenvalue weighted by molar-refractivity contribution is -0.0347. The SMILES string of the molecule is O=NC(CO)C1OCCC1OCc1ccccc1. The van der Waals surface area contributed by atoms with E-state index in [1.807, 2.05) is 30.3 Å². The Bertz CT molecular complexity index is 371. The third-order valence-electron chi connectivity index (χ3n) is 3.09. The molecule has 3 unspecified atom stereocenters. The van der Waals surface area contributed by atoms with Crippen LogP contribution in [0.15, 0.2) is 35.5 Å². The highest BCUT2D eigenvalue weighted by molar-refractivity contribution is 5.13. The number of aliphatic hydroxyl groups is 1. The van der Waals surface area contributed by atoms with Crippen molar-refractivity contribution in [2.24, 2.45) is 5.18 Å². The minimum Gasteiger partial charge on any atom is -0.394 e. The lowest BCUT2D eigenvalue weighted by Gasteiger charge is -2.21. The third kappa shape index (κ3) is 3.13. The minimum absolute atomic E-state index is 0.181. The average Bonchev–Trinajstić information content (AvgIpc) is 2.88. The van der Waals surface area contributed by atoms with E-state index in [1.54, 1.807) is 0 Å². The Labute approximate surface area is 106 Å². The van der Waals surface area contributed by atoms with Crippen LogP contribution in [-0.4, -0.2) is 36.6 Å². The Balaban J connectivity index is 1.90. The van der Waals surface area contributed by atoms with Crippen LogP contribution in [0.3, 0.4) is 0 Å². The van der Waals surface area contributed by atoms with Crippen molar-refractivity contribution in [3.05, 3.63) is 40.8 Å². The van der Waals surface area contributed by atoms with Crippen molar-refractivity contribution in [3.63, 3.8) is 0 Å². The van der Waals surface area contributed by atoms with Crippen LogP contribution in [0.25, 0.3) is 0 Å². The van der Waals surface area contributed by atoms with Gasteiger partial charge in [-0.3, -0.25) is 0 Å². The van der Waals surface area contributed by atoms with Crippen molar-refractivity contribution in [2.75, 3.05) is 13.2 Å². The Morgan fingerprint density at radius 1 is 1.44 bits per heavy atom. The van der Waals surface area contributed by atoms with Gasteiger partial charge >= 0.3 is 0 Å². The van der Waals surface area contributed by atoms with E-state index in [1.165, 1.54) is 0 Å². The third-order valence-corrected chi connectivity index (χ3v) is 3.09. The minimum atomic E-state index is -0.742. The highest BCUT2D eigenvalue weighted by Crippen LogP contribution is 2.22. The van der Waals surface area contributed by atoms with E-state index < -0.39 is 12.1 Å². The zero-order valence-electron chi connectivity index (χ0n) is 10.1. The van der Waals surface area contributed by atoms with Gasteiger partial charge in [-0.05, 0) is 12.0 Å². The van der Waals surface area contributed by atoms with E-state index >= 15 is 0 Å². The molecule has 3 atom stereocenters. The number of nitroso groups, excluding NO2 is 1. The molecule has 18 heavy (non-hydrogen) atoms. The summed E-state index contributed by atoms with van der Waals surface area (Å²) in [6.07, 6.45) is 0.111. The predicted molar refractivity (Wildman–Crippen MR) is 66.0 cm³/mol. The summed E-state index contributed by atoms with van der Waals surface area (Å²) in [5.74, 6) is 0. The van der Waals surface area contributed by atoms with Crippen LogP contribution in [0.4, 0.5) is 0 Å². The van der Waals surface area contributed by atoms with Gasteiger partial charge in [-0.25, -0.2) is 0 Å². The van der Waals surface area contributed by atoms with Gasteiger partial charge in [0.1, 0.15) is 12.1 Å². The summed E-state index contributed by atoms with van der Waals surface area (Å²) in [7, 11) is 0. The molecule has 1 fully saturated rings. The number of rotatable bonds is 6. The number of hydrogen-bond donors (Lipinski definition) is 1. The molecule has 1 aliphatic rings. The van der Waals surface area contributed by atoms with Crippen LogP contribution in [-0.2, 0) is 16.1 Å². The molecule has 1 N–H and O–H groups in total. The van der Waals surface area contributed by atoms with Gasteiger partial charge in [-0.15, -0.1) is 0 Å². The van der Waals surface area contributed by atoms with E-state index in [9.17, 15) is 4.91 Å². The van der Waals surface area contributed by atoms with Gasteiger partial charge in [0.15, 0.2) is 0 Å². The Kier molecular flexibility index (Phi) is 4.81. The second-order valence-corrected chi connectivity index (χ2v) is 4.31. The fourth-order valence-corrected chi connectivity index (χ4v) is 2.10. The fourth-order valence-electron chi connectivity index (χ4n) is 2.10. The summed E-state index contributed by atoms with van der Waals surface area (Å²) in [4.78, 5) is 10.6. The maximum absolute atomic E-state index is 10.6. The van der Waals surface area contributed by atoms with Crippen molar-refractivity contribution in [1.29, 1.82) is 0 Å². The molecule has 98 valence electrons. The molecule has 0 radical (unpaired) electrons. The summed E-state index contributed by atoms with van der Waals surface area (Å²) in [6.45, 7) is 0.706. The normalized spacial score (nSPS) is 24.9. The first-order valence-electron chi connectivity index (χ1n) is 6.05. The zero-order chi connectivity index (χ0) is 12.8. The van der Waals surface area contributed by atoms with Gasteiger partial charge in [0, 0.05) is 6.61 Å². The molecule has 1 aliphatic heterocycles. The fraction of sp³-hybridized carbons (Fsp3) is 0.538. The smallest absolute Gasteiger partial charge is 0.143 e. The Hall–Kier alpha value is -1.30. The Morgan fingerprint density at radius 3 is 2.89 bits per heavy atom. The van der Waals surface area contributed by atoms with Crippen molar-refractivity contribution >= 4 is 0 Å². The van der Waals surface area contributed by atoms with Crippen LogP contribution in [0.5, 0.6) is 0 Å². The maximum Gasteiger partial charge on any atom is 0.143 e. The lowest BCUT2D eigenvalue weighted by Crippen LogP contribution is -2.37. The Morgan fingerprint density at radius 2 is 2.22 bits per heavy atom. The average molecular weight is 251 g/mol. The van der Waals surface area contributed by atoms with Crippen LogP contribution in [0.1, 0.15) is 12.0 Å². The molecule has 0 saturated carbocycles. The summed E-state index contributed by atoms with van der Waals surface area (Å²) in [6, 6.07) is 9.06. The second-order valence-electron chi connectivity index (χ2n) is 4.31. The van der Waals surface area contributed by atoms with Crippen molar-refractivity contribution in [1.82, 2.24) is 0 Å². The molecular formula is C13H17NO4. The molecule has 5 heteroatoms. The number of ether oxygens (including phenoxy) is 2. The van der Waals surface area contributed by atoms with E-state index in [0.717, 1.165) is 12.0 Å². The molecule has 1 heterocycles. The van der Waals surface area contributed by atoms with Gasteiger partial charge in [0.25, 0.3) is 0 Å². The molecule has 0 amide bonds. The highest BCUT2D eigenvalue weighted by atomic mass is 16.6. The molecule has 0 bridgehead atoms. The molecule has 0 aliphatic carbocycles. The van der Waals surface area contributed by atoms with Crippen LogP contribution < -0.4 is 0 Å². The molecule has 1 aromatic rings. The second kappa shape index (κ2) is 6.58. The highest BCUT2D eigenvalue weighted by Gasteiger charge is 2.36. The van der Waals surface area contributed by atoms with E-state index in [4.69, 9.17) is 14.6 Å². The number of benzene rings is 1. The first kappa shape index (κ1) is 13.1. The number of nitrogens with zero attached hydrogens (tertiary/aromatic N) is 1. The maximum atomic E-state index is 10.6. The van der Waals surface area contributed by atoms with Crippen molar-refractivity contribution in [3.8, 4) is 0 Å². The van der Waals surface area contributed by atoms with Crippen molar-refractivity contribution < 1.29 is 14.6 Å². The summed E-state index contributed by atoms with van der Waals surface area (Å²) in [5, 5.41) is 11.9. The summed E-state index contributed by atoms with van der Waals surface area (Å²) in [5.41, 5.74) is 1.07.